The normalized spacial score (nSPS) is 17.3. The molecule has 0 aliphatic carbocycles. The van der Waals surface area contributed by atoms with Crippen molar-refractivity contribution in [1.82, 2.24) is 10.2 Å². The summed E-state index contributed by atoms with van der Waals surface area (Å²) in [6, 6.07) is 0. The Labute approximate surface area is 109 Å². The molecule has 0 aromatic rings. The molecule has 5 nitrogen and oxygen atoms in total. The number of nitrogens with two attached hydrogens (primary N) is 1. The van der Waals surface area contributed by atoms with E-state index in [1.165, 1.54) is 12.8 Å². The number of carbonyl (C=O) groups excluding carboxylic acids is 2. The Kier molecular flexibility index (Phi) is 5.59. The molecule has 5 heteroatoms. The van der Waals surface area contributed by atoms with Crippen molar-refractivity contribution >= 4 is 11.8 Å². The molecule has 1 fully saturated rings. The van der Waals surface area contributed by atoms with Crippen LogP contribution in [0.5, 0.6) is 0 Å². The van der Waals surface area contributed by atoms with Gasteiger partial charge in [-0.15, -0.1) is 0 Å². The first-order valence-electron chi connectivity index (χ1n) is 6.72. The SMILES string of the molecule is CC(C)(CC(N)=O)NCC(=O)N1CCCCCC1. The van der Waals surface area contributed by atoms with E-state index in [4.69, 9.17) is 5.73 Å². The minimum absolute atomic E-state index is 0.120. The zero-order valence-corrected chi connectivity index (χ0v) is 11.5. The number of primary amides is 1. The summed E-state index contributed by atoms with van der Waals surface area (Å²) in [4.78, 5) is 24.8. The van der Waals surface area contributed by atoms with Crippen molar-refractivity contribution in [2.24, 2.45) is 5.73 Å². The number of amides is 2. The van der Waals surface area contributed by atoms with Crippen LogP contribution in [-0.2, 0) is 9.59 Å². The summed E-state index contributed by atoms with van der Waals surface area (Å²) in [6.07, 6.45) is 4.85. The zero-order valence-electron chi connectivity index (χ0n) is 11.5. The van der Waals surface area contributed by atoms with Gasteiger partial charge in [-0.1, -0.05) is 12.8 Å². The van der Waals surface area contributed by atoms with Gasteiger partial charge < -0.3 is 16.0 Å². The molecule has 0 saturated carbocycles. The third-order valence-corrected chi connectivity index (χ3v) is 3.29. The lowest BCUT2D eigenvalue weighted by Gasteiger charge is -2.27. The number of likely N-dealkylation sites (tertiary alicyclic amines) is 1. The van der Waals surface area contributed by atoms with E-state index in [-0.39, 0.29) is 24.8 Å². The van der Waals surface area contributed by atoms with Gasteiger partial charge in [0.2, 0.25) is 11.8 Å². The van der Waals surface area contributed by atoms with Crippen LogP contribution >= 0.6 is 0 Å². The summed E-state index contributed by atoms with van der Waals surface area (Å²) in [5.74, 6) is -0.232. The number of rotatable bonds is 5. The van der Waals surface area contributed by atoms with Crippen molar-refractivity contribution in [2.75, 3.05) is 19.6 Å². The van der Waals surface area contributed by atoms with Crippen molar-refractivity contribution in [3.63, 3.8) is 0 Å². The highest BCUT2D eigenvalue weighted by Crippen LogP contribution is 2.11. The van der Waals surface area contributed by atoms with Crippen LogP contribution in [0.4, 0.5) is 0 Å². The number of hydrogen-bond donors (Lipinski definition) is 2. The molecule has 1 rings (SSSR count). The number of carbonyl (C=O) groups is 2. The fourth-order valence-corrected chi connectivity index (χ4v) is 2.24. The van der Waals surface area contributed by atoms with Crippen LogP contribution < -0.4 is 11.1 Å². The van der Waals surface area contributed by atoms with E-state index >= 15 is 0 Å². The first-order valence-corrected chi connectivity index (χ1v) is 6.72. The molecule has 0 unspecified atom stereocenters. The van der Waals surface area contributed by atoms with Gasteiger partial charge in [-0.2, -0.15) is 0 Å². The topological polar surface area (TPSA) is 75.4 Å². The Bertz CT molecular complexity index is 295. The molecule has 1 heterocycles. The van der Waals surface area contributed by atoms with Crippen molar-refractivity contribution < 1.29 is 9.59 Å². The zero-order chi connectivity index (χ0) is 13.6. The molecule has 3 N–H and O–H groups in total. The van der Waals surface area contributed by atoms with Crippen LogP contribution in [0.25, 0.3) is 0 Å². The average molecular weight is 255 g/mol. The van der Waals surface area contributed by atoms with E-state index in [1.54, 1.807) is 0 Å². The van der Waals surface area contributed by atoms with Crippen LogP contribution in [-0.4, -0.2) is 41.9 Å². The summed E-state index contributed by atoms with van der Waals surface area (Å²) in [5, 5.41) is 3.12. The van der Waals surface area contributed by atoms with E-state index in [1.807, 2.05) is 18.7 Å². The summed E-state index contributed by atoms with van der Waals surface area (Å²) in [7, 11) is 0. The fourth-order valence-electron chi connectivity index (χ4n) is 2.24. The number of nitrogens with one attached hydrogen (secondary N) is 1. The van der Waals surface area contributed by atoms with Crippen molar-refractivity contribution in [1.29, 1.82) is 0 Å². The van der Waals surface area contributed by atoms with Crippen molar-refractivity contribution in [3.8, 4) is 0 Å². The first-order chi connectivity index (χ1) is 8.41. The molecular weight excluding hydrogens is 230 g/mol. The molecule has 1 aliphatic heterocycles. The quantitative estimate of drug-likeness (QED) is 0.756. The Hall–Kier alpha value is -1.10. The maximum Gasteiger partial charge on any atom is 0.236 e. The molecule has 18 heavy (non-hydrogen) atoms. The first kappa shape index (κ1) is 15.0. The Morgan fingerprint density at radius 3 is 2.22 bits per heavy atom. The molecule has 2 amide bonds. The van der Waals surface area contributed by atoms with Crippen LogP contribution in [0.1, 0.15) is 46.0 Å². The van der Waals surface area contributed by atoms with Crippen LogP contribution in [0, 0.1) is 0 Å². The second kappa shape index (κ2) is 6.73. The Morgan fingerprint density at radius 1 is 1.17 bits per heavy atom. The summed E-state index contributed by atoms with van der Waals surface area (Å²) < 4.78 is 0. The van der Waals surface area contributed by atoms with Gasteiger partial charge in [0.05, 0.1) is 6.54 Å². The van der Waals surface area contributed by atoms with Gasteiger partial charge in [-0.05, 0) is 26.7 Å². The van der Waals surface area contributed by atoms with E-state index in [2.05, 4.69) is 5.32 Å². The van der Waals surface area contributed by atoms with Gasteiger partial charge >= 0.3 is 0 Å². The highest BCUT2D eigenvalue weighted by molar-refractivity contribution is 5.79. The summed E-state index contributed by atoms with van der Waals surface area (Å²) >= 11 is 0. The summed E-state index contributed by atoms with van der Waals surface area (Å²) in [6.45, 7) is 5.76. The highest BCUT2D eigenvalue weighted by atomic mass is 16.2. The molecule has 0 aromatic carbocycles. The van der Waals surface area contributed by atoms with Crippen molar-refractivity contribution in [2.45, 2.75) is 51.5 Å². The third-order valence-electron chi connectivity index (χ3n) is 3.29. The summed E-state index contributed by atoms with van der Waals surface area (Å²) in [5.41, 5.74) is 4.75. The molecule has 0 spiro atoms. The molecule has 1 saturated heterocycles. The molecule has 0 radical (unpaired) electrons. The fraction of sp³-hybridized carbons (Fsp3) is 0.846. The molecule has 104 valence electrons. The minimum atomic E-state index is -0.423. The van der Waals surface area contributed by atoms with Gasteiger partial charge in [0.25, 0.3) is 0 Å². The van der Waals surface area contributed by atoms with Gasteiger partial charge in [-0.3, -0.25) is 9.59 Å². The predicted octanol–water partition coefficient (Wildman–Crippen LogP) is 0.633. The van der Waals surface area contributed by atoms with Gasteiger partial charge in [-0.25, -0.2) is 0 Å². The average Bonchev–Trinajstić information content (AvgIpc) is 2.52. The standard InChI is InChI=1S/C13H25N3O2/c1-13(2,9-11(14)17)15-10-12(18)16-7-5-3-4-6-8-16/h15H,3-10H2,1-2H3,(H2,14,17). The van der Waals surface area contributed by atoms with E-state index in [0.29, 0.717) is 0 Å². The predicted molar refractivity (Wildman–Crippen MR) is 70.9 cm³/mol. The monoisotopic (exact) mass is 255 g/mol. The Balaban J connectivity index is 2.37. The molecule has 0 bridgehead atoms. The minimum Gasteiger partial charge on any atom is -0.370 e. The van der Waals surface area contributed by atoms with Crippen LogP contribution in [0.3, 0.4) is 0 Å². The van der Waals surface area contributed by atoms with E-state index in [0.717, 1.165) is 25.9 Å². The maximum absolute atomic E-state index is 12.0. The van der Waals surface area contributed by atoms with Crippen molar-refractivity contribution in [3.05, 3.63) is 0 Å². The lowest BCUT2D eigenvalue weighted by Crippen LogP contribution is -2.48. The third kappa shape index (κ3) is 5.49. The van der Waals surface area contributed by atoms with Crippen LogP contribution in [0.2, 0.25) is 0 Å². The lowest BCUT2D eigenvalue weighted by molar-refractivity contribution is -0.131. The maximum atomic E-state index is 12.0. The van der Waals surface area contributed by atoms with Gasteiger partial charge in [0.1, 0.15) is 0 Å². The second-order valence-electron chi connectivity index (χ2n) is 5.68. The van der Waals surface area contributed by atoms with E-state index in [9.17, 15) is 9.59 Å². The highest BCUT2D eigenvalue weighted by Gasteiger charge is 2.22. The molecule has 1 aliphatic rings. The van der Waals surface area contributed by atoms with Gasteiger partial charge in [0, 0.05) is 25.0 Å². The number of hydrogen-bond acceptors (Lipinski definition) is 3. The van der Waals surface area contributed by atoms with Crippen LogP contribution in [0.15, 0.2) is 0 Å². The smallest absolute Gasteiger partial charge is 0.236 e. The van der Waals surface area contributed by atoms with Gasteiger partial charge in [0.15, 0.2) is 0 Å². The van der Waals surface area contributed by atoms with E-state index < -0.39 is 5.54 Å². The Morgan fingerprint density at radius 2 is 1.72 bits per heavy atom. The molecular formula is C13H25N3O2. The lowest BCUT2D eigenvalue weighted by atomic mass is 10.0. The number of nitrogens with zero attached hydrogens (tertiary/aromatic N) is 1. The molecule has 0 aromatic heterocycles. The second-order valence-corrected chi connectivity index (χ2v) is 5.68. The largest absolute Gasteiger partial charge is 0.370 e. The molecule has 0 atom stereocenters.